The van der Waals surface area contributed by atoms with E-state index < -0.39 is 15.3 Å². The minimum absolute atomic E-state index is 0.0963. The molecule has 0 radical (unpaired) electrons. The van der Waals surface area contributed by atoms with E-state index in [1.165, 1.54) is 28.8 Å². The van der Waals surface area contributed by atoms with Crippen molar-refractivity contribution in [3.8, 4) is 5.75 Å². The number of ether oxygens (including phenoxy) is 1. The maximum atomic E-state index is 12.9. The number of sulfonamides is 1. The molecule has 3 aromatic carbocycles. The standard InChI is InChI=1S/C24H22N2O5S2/c1-2-31-19-12-10-18(11-13-19)26-23(27)16-22(24(26)28)32-20-14-8-17(9-15-20)25-33(29,30)21-6-4-3-5-7-21/h3-15,22,25H,2,16H2,1H3. The zero-order valence-corrected chi connectivity index (χ0v) is 19.4. The number of hydrogen-bond donors (Lipinski definition) is 1. The number of imide groups is 1. The molecule has 1 aliphatic heterocycles. The van der Waals surface area contributed by atoms with Gasteiger partial charge in [0.1, 0.15) is 5.75 Å². The molecule has 1 atom stereocenters. The molecule has 0 aliphatic carbocycles. The monoisotopic (exact) mass is 482 g/mol. The molecule has 1 heterocycles. The van der Waals surface area contributed by atoms with E-state index >= 15 is 0 Å². The minimum atomic E-state index is -3.68. The van der Waals surface area contributed by atoms with Crippen LogP contribution in [0.2, 0.25) is 0 Å². The van der Waals surface area contributed by atoms with Gasteiger partial charge in [-0.15, -0.1) is 11.8 Å². The number of nitrogens with zero attached hydrogens (tertiary/aromatic N) is 1. The Balaban J connectivity index is 1.42. The number of benzene rings is 3. The average molecular weight is 483 g/mol. The largest absolute Gasteiger partial charge is 0.494 e. The Morgan fingerprint density at radius 3 is 2.27 bits per heavy atom. The summed E-state index contributed by atoms with van der Waals surface area (Å²) in [4.78, 5) is 27.6. The third-order valence-electron chi connectivity index (χ3n) is 4.95. The van der Waals surface area contributed by atoms with Crippen molar-refractivity contribution in [2.24, 2.45) is 0 Å². The van der Waals surface area contributed by atoms with Crippen molar-refractivity contribution in [1.82, 2.24) is 0 Å². The van der Waals surface area contributed by atoms with Crippen LogP contribution in [0, 0.1) is 0 Å². The van der Waals surface area contributed by atoms with E-state index in [4.69, 9.17) is 4.74 Å². The van der Waals surface area contributed by atoms with Gasteiger partial charge in [0.05, 0.1) is 22.4 Å². The van der Waals surface area contributed by atoms with Crippen LogP contribution in [0.3, 0.4) is 0 Å². The zero-order chi connectivity index (χ0) is 23.4. The van der Waals surface area contributed by atoms with E-state index in [-0.39, 0.29) is 23.1 Å². The van der Waals surface area contributed by atoms with E-state index in [1.807, 2.05) is 6.92 Å². The molecule has 0 spiro atoms. The van der Waals surface area contributed by atoms with Crippen LogP contribution in [0.15, 0.2) is 88.7 Å². The summed E-state index contributed by atoms with van der Waals surface area (Å²) in [5, 5.41) is -0.545. The van der Waals surface area contributed by atoms with Gasteiger partial charge in [-0.3, -0.25) is 14.3 Å². The van der Waals surface area contributed by atoms with Crippen LogP contribution < -0.4 is 14.4 Å². The van der Waals surface area contributed by atoms with Crippen molar-refractivity contribution in [2.75, 3.05) is 16.2 Å². The smallest absolute Gasteiger partial charge is 0.261 e. The van der Waals surface area contributed by atoms with E-state index in [9.17, 15) is 18.0 Å². The lowest BCUT2D eigenvalue weighted by molar-refractivity contribution is -0.121. The molecule has 170 valence electrons. The van der Waals surface area contributed by atoms with Crippen molar-refractivity contribution < 1.29 is 22.7 Å². The van der Waals surface area contributed by atoms with Gasteiger partial charge in [-0.25, -0.2) is 13.3 Å². The summed E-state index contributed by atoms with van der Waals surface area (Å²) < 4.78 is 32.9. The predicted octanol–water partition coefficient (Wildman–Crippen LogP) is 4.31. The fraction of sp³-hybridized carbons (Fsp3) is 0.167. The second-order valence-corrected chi connectivity index (χ2v) is 10.2. The molecular formula is C24H22N2O5S2. The molecule has 4 rings (SSSR count). The predicted molar refractivity (Wildman–Crippen MR) is 128 cm³/mol. The lowest BCUT2D eigenvalue weighted by atomic mass is 10.3. The van der Waals surface area contributed by atoms with Crippen molar-refractivity contribution >= 4 is 45.0 Å². The highest BCUT2D eigenvalue weighted by atomic mass is 32.2. The maximum absolute atomic E-state index is 12.9. The Morgan fingerprint density at radius 2 is 1.64 bits per heavy atom. The molecule has 2 amide bonds. The lowest BCUT2D eigenvalue weighted by Gasteiger charge is -2.15. The first kappa shape index (κ1) is 22.9. The Kier molecular flexibility index (Phi) is 6.71. The molecule has 3 aromatic rings. The first-order chi connectivity index (χ1) is 15.9. The van der Waals surface area contributed by atoms with Gasteiger partial charge in [0, 0.05) is 17.0 Å². The lowest BCUT2D eigenvalue weighted by Crippen LogP contribution is -2.31. The summed E-state index contributed by atoms with van der Waals surface area (Å²) in [6, 6.07) is 21.7. The normalized spacial score (nSPS) is 16.2. The molecule has 1 saturated heterocycles. The molecule has 0 saturated carbocycles. The second-order valence-electron chi connectivity index (χ2n) is 7.25. The Labute approximate surface area is 196 Å². The van der Waals surface area contributed by atoms with Crippen LogP contribution in [0.1, 0.15) is 13.3 Å². The summed E-state index contributed by atoms with van der Waals surface area (Å²) in [6.45, 7) is 2.42. The summed E-state index contributed by atoms with van der Waals surface area (Å²) >= 11 is 1.28. The first-order valence-electron chi connectivity index (χ1n) is 10.3. The molecular weight excluding hydrogens is 460 g/mol. The highest BCUT2D eigenvalue weighted by molar-refractivity contribution is 8.00. The van der Waals surface area contributed by atoms with Gasteiger partial charge in [-0.2, -0.15) is 0 Å². The van der Waals surface area contributed by atoms with Crippen molar-refractivity contribution in [3.63, 3.8) is 0 Å². The number of amides is 2. The van der Waals surface area contributed by atoms with E-state index in [0.717, 1.165) is 4.90 Å². The van der Waals surface area contributed by atoms with Gasteiger partial charge in [0.25, 0.3) is 10.0 Å². The van der Waals surface area contributed by atoms with Crippen molar-refractivity contribution in [1.29, 1.82) is 0 Å². The molecule has 7 nitrogen and oxygen atoms in total. The van der Waals surface area contributed by atoms with Crippen LogP contribution >= 0.6 is 11.8 Å². The number of carbonyl (C=O) groups excluding carboxylic acids is 2. The topological polar surface area (TPSA) is 92.8 Å². The van der Waals surface area contributed by atoms with Gasteiger partial charge in [0.15, 0.2) is 0 Å². The summed E-state index contributed by atoms with van der Waals surface area (Å²) in [6.07, 6.45) is 0.0963. The first-order valence-corrected chi connectivity index (χ1v) is 12.7. The maximum Gasteiger partial charge on any atom is 0.261 e. The van der Waals surface area contributed by atoms with Crippen LogP contribution in [0.4, 0.5) is 11.4 Å². The fourth-order valence-corrected chi connectivity index (χ4v) is 5.54. The molecule has 1 unspecified atom stereocenters. The highest BCUT2D eigenvalue weighted by Gasteiger charge is 2.40. The molecule has 1 N–H and O–H groups in total. The Morgan fingerprint density at radius 1 is 0.970 bits per heavy atom. The number of nitrogens with one attached hydrogen (secondary N) is 1. The Bertz CT molecular complexity index is 1240. The number of carbonyl (C=O) groups is 2. The number of thioether (sulfide) groups is 1. The van der Waals surface area contributed by atoms with Crippen molar-refractivity contribution in [2.45, 2.75) is 28.4 Å². The quantitative estimate of drug-likeness (QED) is 0.481. The third-order valence-corrected chi connectivity index (χ3v) is 7.54. The van der Waals surface area contributed by atoms with Gasteiger partial charge < -0.3 is 4.74 Å². The Hall–Kier alpha value is -3.30. The fourth-order valence-electron chi connectivity index (χ4n) is 3.41. The van der Waals surface area contributed by atoms with Gasteiger partial charge in [-0.05, 0) is 67.6 Å². The second kappa shape index (κ2) is 9.68. The SMILES string of the molecule is CCOc1ccc(N2C(=O)CC(Sc3ccc(NS(=O)(=O)c4ccccc4)cc3)C2=O)cc1. The number of anilines is 2. The van der Waals surface area contributed by atoms with Crippen LogP contribution in [-0.4, -0.2) is 32.1 Å². The summed E-state index contributed by atoms with van der Waals surface area (Å²) in [5.74, 6) is 0.145. The summed E-state index contributed by atoms with van der Waals surface area (Å²) in [5.41, 5.74) is 0.926. The van der Waals surface area contributed by atoms with E-state index in [2.05, 4.69) is 4.72 Å². The van der Waals surface area contributed by atoms with Crippen LogP contribution in [-0.2, 0) is 19.6 Å². The molecule has 0 bridgehead atoms. The number of rotatable bonds is 8. The van der Waals surface area contributed by atoms with E-state index in [1.54, 1.807) is 66.7 Å². The zero-order valence-electron chi connectivity index (χ0n) is 17.8. The average Bonchev–Trinajstić information content (AvgIpc) is 3.09. The van der Waals surface area contributed by atoms with Crippen LogP contribution in [0.25, 0.3) is 0 Å². The van der Waals surface area contributed by atoms with E-state index in [0.29, 0.717) is 23.7 Å². The van der Waals surface area contributed by atoms with Crippen molar-refractivity contribution in [3.05, 3.63) is 78.9 Å². The molecule has 1 aliphatic rings. The summed E-state index contributed by atoms with van der Waals surface area (Å²) in [7, 11) is -3.68. The molecule has 1 fully saturated rings. The minimum Gasteiger partial charge on any atom is -0.494 e. The van der Waals surface area contributed by atoms with Gasteiger partial charge in [0.2, 0.25) is 11.8 Å². The van der Waals surface area contributed by atoms with Crippen LogP contribution in [0.5, 0.6) is 5.75 Å². The number of hydrogen-bond acceptors (Lipinski definition) is 6. The third kappa shape index (κ3) is 5.20. The molecule has 0 aromatic heterocycles. The van der Waals surface area contributed by atoms with Gasteiger partial charge in [-0.1, -0.05) is 18.2 Å². The van der Waals surface area contributed by atoms with Gasteiger partial charge >= 0.3 is 0 Å². The molecule has 9 heteroatoms. The molecule has 33 heavy (non-hydrogen) atoms. The highest BCUT2D eigenvalue weighted by Crippen LogP contribution is 2.35.